The lowest BCUT2D eigenvalue weighted by Gasteiger charge is -2.16. The molecular weight excluding hydrogens is 448 g/mol. The standard InChI is InChI=1S/C13H20N2.C9H19NO.C8H17NO/c1-10-5-3-6-11(2)13(10)15-9-12-7-4-8-14-12;1-8(2)6-11-7-9-4-3-5-10-9;1-7(2)10-6-8-4-3-5-9-8/h3,5-6,12,14-15H,4,7-9H2,1-2H3;8-10H,3-7H2,1-2H3;7-9H,3-6H2,1-2H3/t;9-;8-/m.00/s1. The molecule has 1 unspecified atom stereocenters. The summed E-state index contributed by atoms with van der Waals surface area (Å²) in [5, 5.41) is 13.9. The second-order valence-corrected chi connectivity index (χ2v) is 11.3. The highest BCUT2D eigenvalue weighted by atomic mass is 16.5. The van der Waals surface area contributed by atoms with Crippen molar-refractivity contribution in [2.75, 3.05) is 51.3 Å². The second kappa shape index (κ2) is 18.1. The molecule has 0 aromatic heterocycles. The molecule has 4 rings (SSSR count). The molecule has 0 spiro atoms. The fourth-order valence-corrected chi connectivity index (χ4v) is 4.80. The van der Waals surface area contributed by atoms with E-state index in [1.807, 2.05) is 0 Å². The van der Waals surface area contributed by atoms with Crippen LogP contribution in [0.3, 0.4) is 0 Å². The van der Waals surface area contributed by atoms with Gasteiger partial charge in [-0.3, -0.25) is 0 Å². The van der Waals surface area contributed by atoms with Gasteiger partial charge in [0, 0.05) is 37.0 Å². The van der Waals surface area contributed by atoms with Gasteiger partial charge in [-0.15, -0.1) is 0 Å². The van der Waals surface area contributed by atoms with E-state index in [1.165, 1.54) is 75.0 Å². The van der Waals surface area contributed by atoms with E-state index >= 15 is 0 Å². The molecule has 0 saturated carbocycles. The normalized spacial score (nSPS) is 23.4. The largest absolute Gasteiger partial charge is 0.383 e. The molecule has 0 amide bonds. The molecular formula is C30H56N4O2. The Balaban J connectivity index is 0.000000196. The van der Waals surface area contributed by atoms with E-state index in [0.717, 1.165) is 26.4 Å². The molecule has 3 fully saturated rings. The van der Waals surface area contributed by atoms with Gasteiger partial charge in [-0.1, -0.05) is 32.0 Å². The average Bonchev–Trinajstić information content (AvgIpc) is 3.62. The third-order valence-electron chi connectivity index (χ3n) is 6.89. The molecule has 208 valence electrons. The van der Waals surface area contributed by atoms with E-state index in [-0.39, 0.29) is 0 Å². The number of anilines is 1. The van der Waals surface area contributed by atoms with Crippen LogP contribution in [0.2, 0.25) is 0 Å². The number of hydrogen-bond donors (Lipinski definition) is 4. The van der Waals surface area contributed by atoms with Gasteiger partial charge >= 0.3 is 0 Å². The van der Waals surface area contributed by atoms with Gasteiger partial charge in [-0.25, -0.2) is 0 Å². The molecule has 3 aliphatic rings. The van der Waals surface area contributed by atoms with Crippen molar-refractivity contribution in [1.29, 1.82) is 0 Å². The second-order valence-electron chi connectivity index (χ2n) is 11.3. The van der Waals surface area contributed by atoms with Gasteiger partial charge in [0.05, 0.1) is 19.3 Å². The third-order valence-corrected chi connectivity index (χ3v) is 6.89. The zero-order valence-corrected chi connectivity index (χ0v) is 24.1. The zero-order chi connectivity index (χ0) is 26.2. The van der Waals surface area contributed by atoms with Gasteiger partial charge in [0.25, 0.3) is 0 Å². The Hall–Kier alpha value is -1.18. The number of ether oxygens (including phenoxy) is 2. The Kier molecular flexibility index (Phi) is 15.6. The van der Waals surface area contributed by atoms with Gasteiger partial charge in [-0.2, -0.15) is 0 Å². The average molecular weight is 505 g/mol. The summed E-state index contributed by atoms with van der Waals surface area (Å²) in [6, 6.07) is 8.36. The summed E-state index contributed by atoms with van der Waals surface area (Å²) in [5.74, 6) is 0.663. The topological polar surface area (TPSA) is 66.6 Å². The van der Waals surface area contributed by atoms with Crippen LogP contribution in [0.25, 0.3) is 0 Å². The van der Waals surface area contributed by atoms with E-state index in [1.54, 1.807) is 0 Å². The zero-order valence-electron chi connectivity index (χ0n) is 24.1. The minimum Gasteiger partial charge on any atom is -0.383 e. The van der Waals surface area contributed by atoms with Crippen molar-refractivity contribution in [3.05, 3.63) is 29.3 Å². The maximum atomic E-state index is 5.52. The molecule has 4 N–H and O–H groups in total. The first-order valence-electron chi connectivity index (χ1n) is 14.5. The van der Waals surface area contributed by atoms with Crippen LogP contribution in [0.4, 0.5) is 5.69 Å². The maximum Gasteiger partial charge on any atom is 0.0623 e. The molecule has 6 heteroatoms. The number of hydrogen-bond acceptors (Lipinski definition) is 6. The Morgan fingerprint density at radius 1 is 0.806 bits per heavy atom. The fraction of sp³-hybridized carbons (Fsp3) is 0.800. The molecule has 6 nitrogen and oxygen atoms in total. The summed E-state index contributed by atoms with van der Waals surface area (Å²) in [6.07, 6.45) is 8.20. The van der Waals surface area contributed by atoms with Crippen molar-refractivity contribution in [3.63, 3.8) is 0 Å². The predicted octanol–water partition coefficient (Wildman–Crippen LogP) is 5.04. The molecule has 3 atom stereocenters. The van der Waals surface area contributed by atoms with E-state index in [4.69, 9.17) is 9.47 Å². The molecule has 36 heavy (non-hydrogen) atoms. The van der Waals surface area contributed by atoms with Crippen LogP contribution < -0.4 is 21.3 Å². The van der Waals surface area contributed by atoms with Crippen molar-refractivity contribution in [2.45, 2.75) is 104 Å². The summed E-state index contributed by atoms with van der Waals surface area (Å²) < 4.78 is 11.0. The van der Waals surface area contributed by atoms with Gasteiger partial charge in [0.15, 0.2) is 0 Å². The first kappa shape index (κ1) is 31.0. The van der Waals surface area contributed by atoms with E-state index < -0.39 is 0 Å². The lowest BCUT2D eigenvalue weighted by atomic mass is 10.1. The molecule has 3 heterocycles. The molecule has 3 saturated heterocycles. The Morgan fingerprint density at radius 2 is 1.33 bits per heavy atom. The van der Waals surface area contributed by atoms with E-state index in [9.17, 15) is 0 Å². The van der Waals surface area contributed by atoms with Gasteiger partial charge in [0.1, 0.15) is 0 Å². The monoisotopic (exact) mass is 504 g/mol. The van der Waals surface area contributed by atoms with Crippen LogP contribution in [0, 0.1) is 19.8 Å². The van der Waals surface area contributed by atoms with Crippen molar-refractivity contribution in [1.82, 2.24) is 16.0 Å². The first-order chi connectivity index (χ1) is 17.3. The van der Waals surface area contributed by atoms with Gasteiger partial charge in [-0.05, 0) is 103 Å². The Labute approximate surface area is 222 Å². The SMILES string of the molecule is CC(C)COC[C@@H]1CCCN1.CC(C)OC[C@@H]1CCCN1.Cc1cccc(C)c1NCC1CCCN1. The lowest BCUT2D eigenvalue weighted by molar-refractivity contribution is 0.0649. The molecule has 0 bridgehead atoms. The molecule has 0 radical (unpaired) electrons. The minimum absolute atomic E-state index is 0.377. The predicted molar refractivity (Wildman–Crippen MR) is 154 cm³/mol. The Bertz CT molecular complexity index is 659. The lowest BCUT2D eigenvalue weighted by Crippen LogP contribution is -2.29. The van der Waals surface area contributed by atoms with Crippen molar-refractivity contribution >= 4 is 5.69 Å². The van der Waals surface area contributed by atoms with Crippen LogP contribution in [-0.2, 0) is 9.47 Å². The highest BCUT2D eigenvalue weighted by Gasteiger charge is 2.15. The number of nitrogens with one attached hydrogen (secondary N) is 4. The van der Waals surface area contributed by atoms with Crippen LogP contribution in [0.15, 0.2) is 18.2 Å². The van der Waals surface area contributed by atoms with Crippen LogP contribution >= 0.6 is 0 Å². The number of rotatable bonds is 10. The van der Waals surface area contributed by atoms with Crippen molar-refractivity contribution < 1.29 is 9.47 Å². The quantitative estimate of drug-likeness (QED) is 0.358. The fourth-order valence-electron chi connectivity index (χ4n) is 4.80. The molecule has 1 aromatic rings. The van der Waals surface area contributed by atoms with Gasteiger partial charge < -0.3 is 30.7 Å². The van der Waals surface area contributed by atoms with E-state index in [0.29, 0.717) is 30.1 Å². The maximum absolute atomic E-state index is 5.52. The van der Waals surface area contributed by atoms with Crippen molar-refractivity contribution in [2.24, 2.45) is 5.92 Å². The van der Waals surface area contributed by atoms with Crippen LogP contribution in [0.5, 0.6) is 0 Å². The summed E-state index contributed by atoms with van der Waals surface area (Å²) >= 11 is 0. The summed E-state index contributed by atoms with van der Waals surface area (Å²) in [5.41, 5.74) is 3.99. The highest BCUT2D eigenvalue weighted by molar-refractivity contribution is 5.56. The number of para-hydroxylation sites is 1. The van der Waals surface area contributed by atoms with Crippen LogP contribution in [0.1, 0.15) is 77.3 Å². The minimum atomic E-state index is 0.377. The Morgan fingerprint density at radius 3 is 1.81 bits per heavy atom. The van der Waals surface area contributed by atoms with Gasteiger partial charge in [0.2, 0.25) is 0 Å². The molecule has 3 aliphatic heterocycles. The highest BCUT2D eigenvalue weighted by Crippen LogP contribution is 2.19. The molecule has 1 aromatic carbocycles. The summed E-state index contributed by atoms with van der Waals surface area (Å²) in [4.78, 5) is 0. The summed E-state index contributed by atoms with van der Waals surface area (Å²) in [6.45, 7) is 20.1. The first-order valence-corrected chi connectivity index (χ1v) is 14.5. The number of benzene rings is 1. The third kappa shape index (κ3) is 13.4. The van der Waals surface area contributed by atoms with E-state index in [2.05, 4.69) is 81.0 Å². The van der Waals surface area contributed by atoms with Crippen molar-refractivity contribution in [3.8, 4) is 0 Å². The smallest absolute Gasteiger partial charge is 0.0623 e. The van der Waals surface area contributed by atoms with Crippen LogP contribution in [-0.4, -0.2) is 70.2 Å². The molecule has 0 aliphatic carbocycles. The summed E-state index contributed by atoms with van der Waals surface area (Å²) in [7, 11) is 0. The number of aryl methyl sites for hydroxylation is 2.